The van der Waals surface area contributed by atoms with Crippen LogP contribution in [0.2, 0.25) is 0 Å². The van der Waals surface area contributed by atoms with E-state index in [1.54, 1.807) is 6.20 Å². The number of nitrogens with zero attached hydrogens (tertiary/aromatic N) is 4. The van der Waals surface area contributed by atoms with Gasteiger partial charge < -0.3 is 5.73 Å². The van der Waals surface area contributed by atoms with Crippen LogP contribution in [-0.2, 0) is 13.0 Å². The smallest absolute Gasteiger partial charge is 0.0995 e. The molecule has 0 saturated carbocycles. The van der Waals surface area contributed by atoms with E-state index >= 15 is 0 Å². The van der Waals surface area contributed by atoms with E-state index in [0.717, 1.165) is 24.2 Å². The van der Waals surface area contributed by atoms with Crippen molar-refractivity contribution in [3.63, 3.8) is 0 Å². The summed E-state index contributed by atoms with van der Waals surface area (Å²) < 4.78 is 1.88. The van der Waals surface area contributed by atoms with Crippen molar-refractivity contribution in [1.82, 2.24) is 25.2 Å². The summed E-state index contributed by atoms with van der Waals surface area (Å²) in [4.78, 5) is 0. The fourth-order valence-electron chi connectivity index (χ4n) is 1.43. The fraction of sp³-hybridized carbons (Fsp3) is 0.444. The number of hydrogen-bond acceptors (Lipinski definition) is 4. The molecule has 80 valence electrons. The van der Waals surface area contributed by atoms with Crippen LogP contribution in [0.4, 0.5) is 0 Å². The van der Waals surface area contributed by atoms with Gasteiger partial charge in [-0.15, -0.1) is 0 Å². The zero-order valence-electron chi connectivity index (χ0n) is 8.59. The maximum absolute atomic E-state index is 5.96. The van der Waals surface area contributed by atoms with Gasteiger partial charge in [-0.3, -0.25) is 4.68 Å². The van der Waals surface area contributed by atoms with E-state index < -0.39 is 0 Å². The van der Waals surface area contributed by atoms with Crippen LogP contribution in [0.1, 0.15) is 24.2 Å². The van der Waals surface area contributed by atoms with E-state index in [-0.39, 0.29) is 6.04 Å². The van der Waals surface area contributed by atoms with Crippen molar-refractivity contribution in [2.45, 2.75) is 25.9 Å². The van der Waals surface area contributed by atoms with E-state index in [1.807, 2.05) is 24.0 Å². The number of nitrogens with one attached hydrogen (secondary N) is 1. The molecule has 0 saturated heterocycles. The summed E-state index contributed by atoms with van der Waals surface area (Å²) in [7, 11) is 0. The van der Waals surface area contributed by atoms with Gasteiger partial charge in [-0.1, -0.05) is 0 Å². The van der Waals surface area contributed by atoms with Crippen molar-refractivity contribution in [1.29, 1.82) is 0 Å². The molecule has 1 atom stereocenters. The quantitative estimate of drug-likeness (QED) is 0.751. The van der Waals surface area contributed by atoms with Crippen LogP contribution in [0, 0.1) is 0 Å². The molecule has 2 aromatic heterocycles. The van der Waals surface area contributed by atoms with Gasteiger partial charge in [0.1, 0.15) is 0 Å². The predicted octanol–water partition coefficient (Wildman–Crippen LogP) is 0.264. The van der Waals surface area contributed by atoms with Gasteiger partial charge in [0.05, 0.1) is 24.1 Å². The average molecular weight is 206 g/mol. The van der Waals surface area contributed by atoms with Gasteiger partial charge >= 0.3 is 0 Å². The molecule has 2 aromatic rings. The van der Waals surface area contributed by atoms with Crippen LogP contribution in [-0.4, -0.2) is 25.2 Å². The number of rotatable bonds is 4. The zero-order chi connectivity index (χ0) is 10.7. The van der Waals surface area contributed by atoms with Crippen LogP contribution in [0.25, 0.3) is 0 Å². The monoisotopic (exact) mass is 206 g/mol. The van der Waals surface area contributed by atoms with E-state index in [9.17, 15) is 0 Å². The Morgan fingerprint density at radius 3 is 3.00 bits per heavy atom. The van der Waals surface area contributed by atoms with Crippen molar-refractivity contribution in [2.75, 3.05) is 0 Å². The third-order valence-corrected chi connectivity index (χ3v) is 2.28. The molecule has 0 aliphatic heterocycles. The minimum Gasteiger partial charge on any atom is -0.322 e. The Morgan fingerprint density at radius 1 is 1.53 bits per heavy atom. The SMILES string of the molecule is CCn1cc(CC(N)c2cn[nH]n2)cn1. The molecular weight excluding hydrogens is 192 g/mol. The molecule has 2 rings (SSSR count). The van der Waals surface area contributed by atoms with Gasteiger partial charge in [0.25, 0.3) is 0 Å². The lowest BCUT2D eigenvalue weighted by Gasteiger charge is -2.04. The summed E-state index contributed by atoms with van der Waals surface area (Å²) >= 11 is 0. The molecule has 0 amide bonds. The molecular formula is C9H14N6. The molecule has 3 N–H and O–H groups in total. The van der Waals surface area contributed by atoms with E-state index in [4.69, 9.17) is 5.73 Å². The Kier molecular flexibility index (Phi) is 2.77. The van der Waals surface area contributed by atoms with Gasteiger partial charge in [-0.25, -0.2) is 0 Å². The predicted molar refractivity (Wildman–Crippen MR) is 54.9 cm³/mol. The molecule has 0 aliphatic carbocycles. The summed E-state index contributed by atoms with van der Waals surface area (Å²) in [6.45, 7) is 2.92. The Balaban J connectivity index is 2.02. The van der Waals surface area contributed by atoms with Gasteiger partial charge in [-0.2, -0.15) is 20.5 Å². The van der Waals surface area contributed by atoms with Gasteiger partial charge in [0.2, 0.25) is 0 Å². The van der Waals surface area contributed by atoms with Crippen LogP contribution in [0.3, 0.4) is 0 Å². The Morgan fingerprint density at radius 2 is 2.40 bits per heavy atom. The topological polar surface area (TPSA) is 85.4 Å². The zero-order valence-corrected chi connectivity index (χ0v) is 8.59. The van der Waals surface area contributed by atoms with E-state index in [1.165, 1.54) is 0 Å². The molecule has 0 bridgehead atoms. The van der Waals surface area contributed by atoms with Gasteiger partial charge in [-0.05, 0) is 18.9 Å². The summed E-state index contributed by atoms with van der Waals surface area (Å²) in [6.07, 6.45) is 6.21. The number of hydrogen-bond donors (Lipinski definition) is 2. The standard InChI is InChI=1S/C9H14N6/c1-2-15-6-7(4-12-15)3-8(10)9-5-11-14-13-9/h4-6,8H,2-3,10H2,1H3,(H,11,13,14). The molecule has 0 aliphatic rings. The largest absolute Gasteiger partial charge is 0.322 e. The molecule has 0 fully saturated rings. The molecule has 2 heterocycles. The number of H-pyrrole nitrogens is 1. The highest BCUT2D eigenvalue weighted by Crippen LogP contribution is 2.11. The molecule has 1 unspecified atom stereocenters. The minimum absolute atomic E-state index is 0.127. The normalized spacial score (nSPS) is 12.9. The highest BCUT2D eigenvalue weighted by atomic mass is 15.3. The Labute approximate surface area is 87.5 Å². The first-order chi connectivity index (χ1) is 7.29. The number of aromatic nitrogens is 5. The summed E-state index contributed by atoms with van der Waals surface area (Å²) in [5, 5.41) is 14.4. The summed E-state index contributed by atoms with van der Waals surface area (Å²) in [6, 6.07) is -0.127. The third-order valence-electron chi connectivity index (χ3n) is 2.28. The first-order valence-corrected chi connectivity index (χ1v) is 4.92. The molecule has 6 heteroatoms. The molecule has 0 spiro atoms. The summed E-state index contributed by atoms with van der Waals surface area (Å²) in [5.41, 5.74) is 7.86. The van der Waals surface area contributed by atoms with Crippen molar-refractivity contribution in [3.8, 4) is 0 Å². The number of aromatic amines is 1. The highest BCUT2D eigenvalue weighted by molar-refractivity contribution is 5.10. The fourth-order valence-corrected chi connectivity index (χ4v) is 1.43. The molecule has 15 heavy (non-hydrogen) atoms. The number of nitrogens with two attached hydrogens (primary N) is 1. The Hall–Kier alpha value is -1.69. The van der Waals surface area contributed by atoms with E-state index in [2.05, 4.69) is 20.5 Å². The van der Waals surface area contributed by atoms with Crippen LogP contribution in [0.5, 0.6) is 0 Å². The van der Waals surface area contributed by atoms with Crippen molar-refractivity contribution in [3.05, 3.63) is 29.8 Å². The highest BCUT2D eigenvalue weighted by Gasteiger charge is 2.10. The van der Waals surface area contributed by atoms with Crippen molar-refractivity contribution < 1.29 is 0 Å². The first kappa shape index (κ1) is 9.85. The second-order valence-electron chi connectivity index (χ2n) is 3.41. The molecule has 0 radical (unpaired) electrons. The van der Waals surface area contributed by atoms with Crippen LogP contribution < -0.4 is 5.73 Å². The van der Waals surface area contributed by atoms with Crippen molar-refractivity contribution >= 4 is 0 Å². The first-order valence-electron chi connectivity index (χ1n) is 4.92. The van der Waals surface area contributed by atoms with Gasteiger partial charge in [0.15, 0.2) is 0 Å². The molecule has 0 aromatic carbocycles. The third kappa shape index (κ3) is 2.21. The maximum Gasteiger partial charge on any atom is 0.0995 e. The average Bonchev–Trinajstić information content (AvgIpc) is 2.87. The lowest BCUT2D eigenvalue weighted by molar-refractivity contribution is 0.656. The Bertz CT molecular complexity index is 404. The lowest BCUT2D eigenvalue weighted by Crippen LogP contribution is -2.13. The van der Waals surface area contributed by atoms with Crippen molar-refractivity contribution in [2.24, 2.45) is 5.73 Å². The maximum atomic E-state index is 5.96. The number of aryl methyl sites for hydroxylation is 1. The van der Waals surface area contributed by atoms with Gasteiger partial charge in [0, 0.05) is 12.7 Å². The van der Waals surface area contributed by atoms with E-state index in [0.29, 0.717) is 0 Å². The van der Waals surface area contributed by atoms with Crippen LogP contribution in [0.15, 0.2) is 18.6 Å². The molecule has 6 nitrogen and oxygen atoms in total. The second-order valence-corrected chi connectivity index (χ2v) is 3.41. The minimum atomic E-state index is -0.127. The second kappa shape index (κ2) is 4.22. The lowest BCUT2D eigenvalue weighted by atomic mass is 10.1. The van der Waals surface area contributed by atoms with Crippen LogP contribution >= 0.6 is 0 Å². The summed E-state index contributed by atoms with van der Waals surface area (Å²) in [5.74, 6) is 0.